The number of carboxylic acid groups (broad SMARTS) is 1. The molecule has 0 rings (SSSR count). The summed E-state index contributed by atoms with van der Waals surface area (Å²) in [6.07, 6.45) is 1.33. The summed E-state index contributed by atoms with van der Waals surface area (Å²) in [6, 6.07) is 0. The zero-order valence-corrected chi connectivity index (χ0v) is 8.26. The fraction of sp³-hybridized carbons (Fsp3) is 0.889. The van der Waals surface area contributed by atoms with Crippen molar-refractivity contribution in [1.29, 1.82) is 0 Å². The van der Waals surface area contributed by atoms with Gasteiger partial charge < -0.3 is 9.84 Å². The van der Waals surface area contributed by atoms with Gasteiger partial charge in [-0.15, -0.1) is 0 Å². The first-order valence-electron chi connectivity index (χ1n) is 4.37. The largest absolute Gasteiger partial charge is 0.479 e. The average molecular weight is 174 g/mol. The highest BCUT2D eigenvalue weighted by Crippen LogP contribution is 2.18. The lowest BCUT2D eigenvalue weighted by atomic mass is 10.0. The molecule has 0 aromatic carbocycles. The molecule has 0 heterocycles. The van der Waals surface area contributed by atoms with Crippen molar-refractivity contribution in [3.63, 3.8) is 0 Å². The summed E-state index contributed by atoms with van der Waals surface area (Å²) in [5.41, 5.74) is -1.02. The Bertz CT molecular complexity index is 156. The summed E-state index contributed by atoms with van der Waals surface area (Å²) in [6.45, 7) is 7.29. The van der Waals surface area contributed by atoms with Gasteiger partial charge in [0.2, 0.25) is 0 Å². The molecule has 0 bridgehead atoms. The van der Waals surface area contributed by atoms with Gasteiger partial charge in [0.15, 0.2) is 5.60 Å². The lowest BCUT2D eigenvalue weighted by Crippen LogP contribution is -2.40. The Balaban J connectivity index is 4.23. The standard InChI is InChI=1S/C9H18O3/c1-5-7(3)12-9(4,6-2)8(10)11/h7H,5-6H2,1-4H3,(H,10,11). The third kappa shape index (κ3) is 2.81. The third-order valence-corrected chi connectivity index (χ3v) is 2.16. The van der Waals surface area contributed by atoms with Crippen molar-refractivity contribution in [2.45, 2.75) is 52.2 Å². The van der Waals surface area contributed by atoms with Gasteiger partial charge in [0.05, 0.1) is 6.10 Å². The molecule has 2 atom stereocenters. The summed E-state index contributed by atoms with van der Waals surface area (Å²) >= 11 is 0. The first-order valence-corrected chi connectivity index (χ1v) is 4.37. The number of ether oxygens (including phenoxy) is 1. The molecular formula is C9H18O3. The molecule has 0 aliphatic heterocycles. The van der Waals surface area contributed by atoms with Gasteiger partial charge in [-0.2, -0.15) is 0 Å². The lowest BCUT2D eigenvalue weighted by Gasteiger charge is -2.27. The van der Waals surface area contributed by atoms with Crippen LogP contribution in [0.1, 0.15) is 40.5 Å². The van der Waals surface area contributed by atoms with E-state index in [1.807, 2.05) is 20.8 Å². The van der Waals surface area contributed by atoms with E-state index in [1.54, 1.807) is 6.92 Å². The summed E-state index contributed by atoms with van der Waals surface area (Å²) < 4.78 is 5.40. The summed E-state index contributed by atoms with van der Waals surface area (Å²) in [7, 11) is 0. The van der Waals surface area contributed by atoms with Crippen LogP contribution in [-0.2, 0) is 9.53 Å². The Hall–Kier alpha value is -0.570. The van der Waals surface area contributed by atoms with E-state index in [2.05, 4.69) is 0 Å². The predicted molar refractivity (Wildman–Crippen MR) is 47.2 cm³/mol. The Labute approximate surface area is 73.7 Å². The molecule has 12 heavy (non-hydrogen) atoms. The van der Waals surface area contributed by atoms with Crippen molar-refractivity contribution < 1.29 is 14.6 Å². The van der Waals surface area contributed by atoms with Gasteiger partial charge in [0.1, 0.15) is 0 Å². The van der Waals surface area contributed by atoms with Gasteiger partial charge in [-0.1, -0.05) is 13.8 Å². The monoisotopic (exact) mass is 174 g/mol. The second kappa shape index (κ2) is 4.45. The maximum atomic E-state index is 10.8. The first-order chi connectivity index (χ1) is 5.46. The third-order valence-electron chi connectivity index (χ3n) is 2.16. The molecule has 0 radical (unpaired) electrons. The van der Waals surface area contributed by atoms with Crippen molar-refractivity contribution in [3.05, 3.63) is 0 Å². The van der Waals surface area contributed by atoms with Gasteiger partial charge >= 0.3 is 5.97 Å². The van der Waals surface area contributed by atoms with Crippen LogP contribution in [0, 0.1) is 0 Å². The molecule has 72 valence electrons. The van der Waals surface area contributed by atoms with Crippen LogP contribution >= 0.6 is 0 Å². The predicted octanol–water partition coefficient (Wildman–Crippen LogP) is 2.05. The van der Waals surface area contributed by atoms with E-state index in [4.69, 9.17) is 9.84 Å². The number of hydrogen-bond acceptors (Lipinski definition) is 2. The maximum absolute atomic E-state index is 10.8. The van der Waals surface area contributed by atoms with Gasteiger partial charge in [-0.3, -0.25) is 0 Å². The van der Waals surface area contributed by atoms with E-state index in [9.17, 15) is 4.79 Å². The molecule has 0 saturated carbocycles. The van der Waals surface area contributed by atoms with E-state index < -0.39 is 11.6 Å². The number of carboxylic acids is 1. The first kappa shape index (κ1) is 11.4. The summed E-state index contributed by atoms with van der Waals surface area (Å²) in [5.74, 6) is -0.884. The minimum atomic E-state index is -1.02. The molecule has 2 unspecified atom stereocenters. The Morgan fingerprint density at radius 2 is 2.08 bits per heavy atom. The van der Waals surface area contributed by atoms with E-state index in [-0.39, 0.29) is 6.10 Å². The Morgan fingerprint density at radius 1 is 1.58 bits per heavy atom. The fourth-order valence-corrected chi connectivity index (χ4v) is 0.812. The highest BCUT2D eigenvalue weighted by Gasteiger charge is 2.33. The molecule has 0 aliphatic carbocycles. The van der Waals surface area contributed by atoms with Crippen molar-refractivity contribution in [3.8, 4) is 0 Å². The zero-order valence-electron chi connectivity index (χ0n) is 8.26. The number of aliphatic carboxylic acids is 1. The van der Waals surface area contributed by atoms with Crippen LogP contribution in [0.3, 0.4) is 0 Å². The van der Waals surface area contributed by atoms with Crippen molar-refractivity contribution in [1.82, 2.24) is 0 Å². The minimum absolute atomic E-state index is 0.00560. The highest BCUT2D eigenvalue weighted by atomic mass is 16.5. The van der Waals surface area contributed by atoms with Crippen LogP contribution < -0.4 is 0 Å². The summed E-state index contributed by atoms with van der Waals surface area (Å²) in [5, 5.41) is 8.85. The van der Waals surface area contributed by atoms with Crippen LogP contribution in [0.25, 0.3) is 0 Å². The highest BCUT2D eigenvalue weighted by molar-refractivity contribution is 5.76. The van der Waals surface area contributed by atoms with Crippen molar-refractivity contribution in [2.75, 3.05) is 0 Å². The molecule has 1 N–H and O–H groups in total. The molecule has 0 aromatic heterocycles. The molecule has 0 aliphatic rings. The smallest absolute Gasteiger partial charge is 0.335 e. The topological polar surface area (TPSA) is 46.5 Å². The molecule has 0 amide bonds. The molecule has 0 spiro atoms. The van der Waals surface area contributed by atoms with Crippen LogP contribution in [0.15, 0.2) is 0 Å². The Morgan fingerprint density at radius 3 is 2.33 bits per heavy atom. The van der Waals surface area contributed by atoms with E-state index >= 15 is 0 Å². The normalized spacial score (nSPS) is 18.3. The van der Waals surface area contributed by atoms with E-state index in [1.165, 1.54) is 0 Å². The number of carbonyl (C=O) groups is 1. The second-order valence-corrected chi connectivity index (χ2v) is 3.23. The fourth-order valence-electron chi connectivity index (χ4n) is 0.812. The molecule has 0 fully saturated rings. The average Bonchev–Trinajstić information content (AvgIpc) is 2.03. The zero-order chi connectivity index (χ0) is 9.78. The quantitative estimate of drug-likeness (QED) is 0.694. The number of rotatable bonds is 5. The van der Waals surface area contributed by atoms with Crippen LogP contribution in [0.2, 0.25) is 0 Å². The second-order valence-electron chi connectivity index (χ2n) is 3.23. The Kier molecular flexibility index (Phi) is 4.24. The maximum Gasteiger partial charge on any atom is 0.335 e. The van der Waals surface area contributed by atoms with Crippen LogP contribution in [0.4, 0.5) is 0 Å². The minimum Gasteiger partial charge on any atom is -0.479 e. The lowest BCUT2D eigenvalue weighted by molar-refractivity contribution is -0.170. The van der Waals surface area contributed by atoms with Gasteiger partial charge in [0, 0.05) is 0 Å². The van der Waals surface area contributed by atoms with E-state index in [0.29, 0.717) is 6.42 Å². The molecule has 3 nitrogen and oxygen atoms in total. The molecule has 0 aromatic rings. The van der Waals surface area contributed by atoms with Crippen molar-refractivity contribution >= 4 is 5.97 Å². The van der Waals surface area contributed by atoms with Crippen molar-refractivity contribution in [2.24, 2.45) is 0 Å². The summed E-state index contributed by atoms with van der Waals surface area (Å²) in [4.78, 5) is 10.8. The SMILES string of the molecule is CCC(C)OC(C)(CC)C(=O)O. The van der Waals surface area contributed by atoms with E-state index in [0.717, 1.165) is 6.42 Å². The molecule has 0 saturated heterocycles. The number of hydrogen-bond donors (Lipinski definition) is 1. The molecular weight excluding hydrogens is 156 g/mol. The van der Waals surface area contributed by atoms with Crippen LogP contribution in [-0.4, -0.2) is 22.8 Å². The molecule has 3 heteroatoms. The van der Waals surface area contributed by atoms with Gasteiger partial charge in [-0.25, -0.2) is 4.79 Å². The van der Waals surface area contributed by atoms with Gasteiger partial charge in [0.25, 0.3) is 0 Å². The van der Waals surface area contributed by atoms with Gasteiger partial charge in [-0.05, 0) is 26.7 Å². The van der Waals surface area contributed by atoms with Crippen LogP contribution in [0.5, 0.6) is 0 Å².